The van der Waals surface area contributed by atoms with Gasteiger partial charge in [0.2, 0.25) is 0 Å². The zero-order chi connectivity index (χ0) is 6.57. The van der Waals surface area contributed by atoms with Gasteiger partial charge in [-0.05, 0) is 18.6 Å². The summed E-state index contributed by atoms with van der Waals surface area (Å²) in [4.78, 5) is 0. The quantitative estimate of drug-likeness (QED) is 0.415. The Bertz CT molecular complexity index is 114. The Morgan fingerprint density at radius 2 is 2.25 bits per heavy atom. The first-order valence-corrected chi connectivity index (χ1v) is 2.32. The van der Waals surface area contributed by atoms with E-state index < -0.39 is 0 Å². The lowest BCUT2D eigenvalue weighted by atomic mass is 10.3. The third kappa shape index (κ3) is 3.43. The molecule has 0 fully saturated rings. The second-order valence-corrected chi connectivity index (χ2v) is 1.64. The molecule has 46 valence electrons. The van der Waals surface area contributed by atoms with Crippen LogP contribution in [0.15, 0.2) is 24.0 Å². The molecule has 0 aliphatic carbocycles. The molecule has 0 aromatic rings. The van der Waals surface area contributed by atoms with Crippen molar-refractivity contribution in [1.82, 2.24) is 0 Å². The van der Waals surface area contributed by atoms with Gasteiger partial charge in [0.1, 0.15) is 5.76 Å². The van der Waals surface area contributed by atoms with Crippen molar-refractivity contribution in [2.75, 3.05) is 6.61 Å². The van der Waals surface area contributed by atoms with Crippen molar-refractivity contribution in [2.24, 2.45) is 0 Å². The standard InChI is InChI=1S/C6H10O2/c1-5(4-7)3-6(2)8/h3,7-8H,2,4H2,1H3/b5-3+. The van der Waals surface area contributed by atoms with E-state index in [1.54, 1.807) is 6.92 Å². The normalized spacial score (nSPS) is 11.5. The van der Waals surface area contributed by atoms with Crippen LogP contribution in [0.2, 0.25) is 0 Å². The molecule has 2 nitrogen and oxygen atoms in total. The fourth-order valence-corrected chi connectivity index (χ4v) is 0.330. The lowest BCUT2D eigenvalue weighted by Crippen LogP contribution is -1.83. The first kappa shape index (κ1) is 7.24. The highest BCUT2D eigenvalue weighted by atomic mass is 16.3. The van der Waals surface area contributed by atoms with E-state index in [-0.39, 0.29) is 12.4 Å². The Morgan fingerprint density at radius 1 is 1.75 bits per heavy atom. The number of rotatable bonds is 2. The molecule has 0 bridgehead atoms. The van der Waals surface area contributed by atoms with Gasteiger partial charge in [-0.1, -0.05) is 6.58 Å². The van der Waals surface area contributed by atoms with E-state index in [1.165, 1.54) is 6.08 Å². The van der Waals surface area contributed by atoms with Crippen molar-refractivity contribution < 1.29 is 10.2 Å². The number of aliphatic hydroxyl groups excluding tert-OH is 2. The van der Waals surface area contributed by atoms with E-state index in [0.717, 1.165) is 0 Å². The minimum atomic E-state index is -0.0282. The lowest BCUT2D eigenvalue weighted by Gasteiger charge is -1.90. The molecule has 0 aromatic carbocycles. The Hall–Kier alpha value is -0.760. The Morgan fingerprint density at radius 3 is 2.38 bits per heavy atom. The molecular weight excluding hydrogens is 104 g/mol. The zero-order valence-electron chi connectivity index (χ0n) is 4.89. The van der Waals surface area contributed by atoms with Gasteiger partial charge in [0.25, 0.3) is 0 Å². The number of aliphatic hydroxyl groups is 2. The highest BCUT2D eigenvalue weighted by Gasteiger charge is 1.83. The summed E-state index contributed by atoms with van der Waals surface area (Å²) >= 11 is 0. The highest BCUT2D eigenvalue weighted by Crippen LogP contribution is 1.93. The van der Waals surface area contributed by atoms with E-state index in [4.69, 9.17) is 10.2 Å². The maximum absolute atomic E-state index is 8.47. The number of hydrogen-bond donors (Lipinski definition) is 2. The van der Waals surface area contributed by atoms with E-state index in [0.29, 0.717) is 5.57 Å². The molecule has 0 radical (unpaired) electrons. The molecule has 0 aliphatic heterocycles. The SMILES string of the molecule is C=C(O)/C=C(\C)CO. The van der Waals surface area contributed by atoms with Crippen molar-refractivity contribution in [3.05, 3.63) is 24.0 Å². The van der Waals surface area contributed by atoms with Gasteiger partial charge in [-0.15, -0.1) is 0 Å². The minimum Gasteiger partial charge on any atom is -0.509 e. The van der Waals surface area contributed by atoms with E-state index in [9.17, 15) is 0 Å². The summed E-state index contributed by atoms with van der Waals surface area (Å²) in [6.07, 6.45) is 1.42. The molecule has 0 rings (SSSR count). The summed E-state index contributed by atoms with van der Waals surface area (Å²) in [5.41, 5.74) is 0.706. The topological polar surface area (TPSA) is 40.5 Å². The van der Waals surface area contributed by atoms with Crippen molar-refractivity contribution in [3.63, 3.8) is 0 Å². The molecular formula is C6H10O2. The molecule has 2 N–H and O–H groups in total. The van der Waals surface area contributed by atoms with Crippen LogP contribution >= 0.6 is 0 Å². The molecule has 0 aliphatic rings. The van der Waals surface area contributed by atoms with Crippen molar-refractivity contribution in [1.29, 1.82) is 0 Å². The summed E-state index contributed by atoms with van der Waals surface area (Å²) in [7, 11) is 0. The molecule has 0 aromatic heterocycles. The van der Waals surface area contributed by atoms with Crippen molar-refractivity contribution in [3.8, 4) is 0 Å². The average Bonchev–Trinajstić information content (AvgIpc) is 1.65. The molecule has 0 unspecified atom stereocenters. The lowest BCUT2D eigenvalue weighted by molar-refractivity contribution is 0.330. The zero-order valence-corrected chi connectivity index (χ0v) is 4.89. The smallest absolute Gasteiger partial charge is 0.108 e. The number of hydrogen-bond acceptors (Lipinski definition) is 2. The van der Waals surface area contributed by atoms with Gasteiger partial charge in [-0.2, -0.15) is 0 Å². The summed E-state index contributed by atoms with van der Waals surface area (Å²) in [6, 6.07) is 0. The summed E-state index contributed by atoms with van der Waals surface area (Å²) in [5.74, 6) is -0.0171. The molecule has 0 saturated carbocycles. The van der Waals surface area contributed by atoms with Crippen LogP contribution in [-0.2, 0) is 0 Å². The highest BCUT2D eigenvalue weighted by molar-refractivity contribution is 5.12. The first-order chi connectivity index (χ1) is 3.66. The van der Waals surface area contributed by atoms with E-state index in [2.05, 4.69) is 6.58 Å². The van der Waals surface area contributed by atoms with Crippen LogP contribution in [0.1, 0.15) is 6.92 Å². The molecule has 0 saturated heterocycles. The van der Waals surface area contributed by atoms with Crippen LogP contribution in [-0.4, -0.2) is 16.8 Å². The summed E-state index contributed by atoms with van der Waals surface area (Å²) in [5, 5.41) is 16.8. The maximum Gasteiger partial charge on any atom is 0.108 e. The average molecular weight is 114 g/mol. The van der Waals surface area contributed by atoms with Crippen LogP contribution in [0.4, 0.5) is 0 Å². The molecule has 0 amide bonds. The Labute approximate surface area is 48.8 Å². The Balaban J connectivity index is 3.75. The van der Waals surface area contributed by atoms with Gasteiger partial charge < -0.3 is 10.2 Å². The van der Waals surface area contributed by atoms with E-state index >= 15 is 0 Å². The Kier molecular flexibility index (Phi) is 2.96. The fraction of sp³-hybridized carbons (Fsp3) is 0.333. The predicted octanol–water partition coefficient (Wildman–Crippen LogP) is 0.997. The van der Waals surface area contributed by atoms with Crippen LogP contribution < -0.4 is 0 Å². The summed E-state index contributed by atoms with van der Waals surface area (Å²) < 4.78 is 0. The van der Waals surface area contributed by atoms with Gasteiger partial charge >= 0.3 is 0 Å². The van der Waals surface area contributed by atoms with Crippen LogP contribution in [0.3, 0.4) is 0 Å². The maximum atomic E-state index is 8.47. The minimum absolute atomic E-state index is 0.0171. The fourth-order valence-electron chi connectivity index (χ4n) is 0.330. The van der Waals surface area contributed by atoms with E-state index in [1.807, 2.05) is 0 Å². The monoisotopic (exact) mass is 114 g/mol. The third-order valence-electron chi connectivity index (χ3n) is 0.662. The van der Waals surface area contributed by atoms with Gasteiger partial charge in [0.05, 0.1) is 6.61 Å². The van der Waals surface area contributed by atoms with Crippen molar-refractivity contribution >= 4 is 0 Å². The molecule has 0 heterocycles. The number of allylic oxidation sites excluding steroid dienone is 1. The second-order valence-electron chi connectivity index (χ2n) is 1.64. The first-order valence-electron chi connectivity index (χ1n) is 2.32. The molecule has 0 atom stereocenters. The van der Waals surface area contributed by atoms with Gasteiger partial charge in [-0.3, -0.25) is 0 Å². The van der Waals surface area contributed by atoms with Gasteiger partial charge in [0, 0.05) is 0 Å². The van der Waals surface area contributed by atoms with Crippen LogP contribution in [0, 0.1) is 0 Å². The van der Waals surface area contributed by atoms with Crippen LogP contribution in [0.5, 0.6) is 0 Å². The van der Waals surface area contributed by atoms with Gasteiger partial charge in [0.15, 0.2) is 0 Å². The molecule has 2 heteroatoms. The summed E-state index contributed by atoms with van der Waals surface area (Å²) in [6.45, 7) is 4.89. The predicted molar refractivity (Wildman–Crippen MR) is 32.6 cm³/mol. The molecule has 0 spiro atoms. The largest absolute Gasteiger partial charge is 0.509 e. The molecule has 8 heavy (non-hydrogen) atoms. The second kappa shape index (κ2) is 3.27. The van der Waals surface area contributed by atoms with Gasteiger partial charge in [-0.25, -0.2) is 0 Å². The third-order valence-corrected chi connectivity index (χ3v) is 0.662. The van der Waals surface area contributed by atoms with Crippen LogP contribution in [0.25, 0.3) is 0 Å². The van der Waals surface area contributed by atoms with Crippen molar-refractivity contribution in [2.45, 2.75) is 6.92 Å².